The normalized spacial score (nSPS) is 11.0. The Bertz CT molecular complexity index is 722. The van der Waals surface area contributed by atoms with Gasteiger partial charge in [0.05, 0.1) is 0 Å². The molecule has 2 aromatic heterocycles. The molecule has 0 fully saturated rings. The van der Waals surface area contributed by atoms with Gasteiger partial charge in [-0.05, 0) is 24.3 Å². The van der Waals surface area contributed by atoms with Gasteiger partial charge >= 0.3 is 0 Å². The fourth-order valence-corrected chi connectivity index (χ4v) is 1.84. The minimum Gasteiger partial charge on any atom is -0.368 e. The van der Waals surface area contributed by atoms with E-state index in [4.69, 9.17) is 17.3 Å². The largest absolute Gasteiger partial charge is 0.368 e. The Kier molecular flexibility index (Phi) is 2.38. The van der Waals surface area contributed by atoms with Gasteiger partial charge in [0.1, 0.15) is 17.2 Å². The highest BCUT2D eigenvalue weighted by molar-refractivity contribution is 6.33. The summed E-state index contributed by atoms with van der Waals surface area (Å²) in [4.78, 5) is 15.0. The van der Waals surface area contributed by atoms with E-state index in [0.717, 1.165) is 5.56 Å². The second kappa shape index (κ2) is 3.92. The molecule has 0 amide bonds. The molecule has 3 aromatic rings. The van der Waals surface area contributed by atoms with Gasteiger partial charge in [-0.3, -0.25) is 0 Å². The highest BCUT2D eigenvalue weighted by Gasteiger charge is 2.11. The Balaban J connectivity index is 2.19. The summed E-state index contributed by atoms with van der Waals surface area (Å²) in [5, 5.41) is 0.207. The van der Waals surface area contributed by atoms with Crippen LogP contribution in [-0.2, 0) is 0 Å². The van der Waals surface area contributed by atoms with Gasteiger partial charge in [0, 0.05) is 5.56 Å². The predicted octanol–water partition coefficient (Wildman–Crippen LogP) is 2.39. The Morgan fingerprint density at radius 2 is 1.83 bits per heavy atom. The minimum absolute atomic E-state index is 0.0599. The molecular weight excluding hydrogens is 257 g/mol. The van der Waals surface area contributed by atoms with Crippen molar-refractivity contribution >= 4 is 28.7 Å². The number of aromatic amines is 1. The molecule has 0 aliphatic carbocycles. The number of nitrogens with one attached hydrogen (secondary N) is 1. The first kappa shape index (κ1) is 10.9. The third-order valence-electron chi connectivity index (χ3n) is 2.44. The van der Waals surface area contributed by atoms with Crippen LogP contribution in [0.1, 0.15) is 0 Å². The first-order valence-electron chi connectivity index (χ1n) is 5.08. The van der Waals surface area contributed by atoms with Gasteiger partial charge in [0.15, 0.2) is 10.8 Å². The summed E-state index contributed by atoms with van der Waals surface area (Å²) in [5.41, 5.74) is 7.09. The summed E-state index contributed by atoms with van der Waals surface area (Å²) < 4.78 is 12.8. The van der Waals surface area contributed by atoms with E-state index in [1.807, 2.05) is 0 Å². The lowest BCUT2D eigenvalue weighted by molar-refractivity contribution is 0.628. The molecule has 0 saturated carbocycles. The summed E-state index contributed by atoms with van der Waals surface area (Å²) in [6.07, 6.45) is 0. The highest BCUT2D eigenvalue weighted by atomic mass is 35.5. The van der Waals surface area contributed by atoms with Gasteiger partial charge in [0.25, 0.3) is 0 Å². The molecule has 0 radical (unpaired) electrons. The lowest BCUT2D eigenvalue weighted by atomic mass is 10.2. The Morgan fingerprint density at radius 3 is 2.56 bits per heavy atom. The van der Waals surface area contributed by atoms with Crippen LogP contribution in [-0.4, -0.2) is 19.9 Å². The van der Waals surface area contributed by atoms with Crippen LogP contribution in [0, 0.1) is 5.82 Å². The van der Waals surface area contributed by atoms with Crippen LogP contribution in [0.2, 0.25) is 5.15 Å². The molecule has 3 rings (SSSR count). The van der Waals surface area contributed by atoms with Crippen LogP contribution in [0.15, 0.2) is 24.3 Å². The first-order valence-corrected chi connectivity index (χ1v) is 5.46. The van der Waals surface area contributed by atoms with Gasteiger partial charge in [-0.2, -0.15) is 9.97 Å². The van der Waals surface area contributed by atoms with Crippen LogP contribution in [0.4, 0.5) is 10.3 Å². The second-order valence-corrected chi connectivity index (χ2v) is 4.02. The van der Waals surface area contributed by atoms with Crippen LogP contribution >= 0.6 is 11.6 Å². The molecule has 0 spiro atoms. The summed E-state index contributed by atoms with van der Waals surface area (Å²) in [6.45, 7) is 0. The summed E-state index contributed by atoms with van der Waals surface area (Å²) in [6, 6.07) is 5.92. The van der Waals surface area contributed by atoms with Crippen molar-refractivity contribution in [3.05, 3.63) is 35.2 Å². The van der Waals surface area contributed by atoms with E-state index in [-0.39, 0.29) is 16.9 Å². The number of anilines is 1. The van der Waals surface area contributed by atoms with E-state index in [1.165, 1.54) is 12.1 Å². The van der Waals surface area contributed by atoms with Crippen LogP contribution < -0.4 is 5.73 Å². The fourth-order valence-electron chi connectivity index (χ4n) is 1.62. The van der Waals surface area contributed by atoms with Crippen LogP contribution in [0.5, 0.6) is 0 Å². The molecule has 90 valence electrons. The van der Waals surface area contributed by atoms with Crippen molar-refractivity contribution in [2.75, 3.05) is 5.73 Å². The third-order valence-corrected chi connectivity index (χ3v) is 2.72. The number of halogens is 2. The van der Waals surface area contributed by atoms with Gasteiger partial charge in [-0.25, -0.2) is 9.37 Å². The van der Waals surface area contributed by atoms with Crippen molar-refractivity contribution in [1.29, 1.82) is 0 Å². The average Bonchev–Trinajstić information content (AvgIpc) is 2.74. The SMILES string of the molecule is Nc1nc(Cl)c2[nH]c(-c3ccc(F)cc3)nc2n1. The number of H-pyrrole nitrogens is 1. The van der Waals surface area contributed by atoms with Gasteiger partial charge in [-0.1, -0.05) is 11.6 Å². The molecule has 0 atom stereocenters. The Morgan fingerprint density at radius 1 is 1.11 bits per heavy atom. The first-order chi connectivity index (χ1) is 8.63. The number of fused-ring (bicyclic) bond motifs is 1. The van der Waals surface area contributed by atoms with E-state index in [1.54, 1.807) is 12.1 Å². The quantitative estimate of drug-likeness (QED) is 0.661. The maximum atomic E-state index is 12.8. The Labute approximate surface area is 106 Å². The maximum absolute atomic E-state index is 12.8. The van der Waals surface area contributed by atoms with E-state index >= 15 is 0 Å². The monoisotopic (exact) mass is 263 g/mol. The van der Waals surface area contributed by atoms with Crippen molar-refractivity contribution in [3.8, 4) is 11.4 Å². The Hall–Kier alpha value is -2.21. The lowest BCUT2D eigenvalue weighted by Gasteiger charge is -1.95. The van der Waals surface area contributed by atoms with Crippen LogP contribution in [0.25, 0.3) is 22.6 Å². The molecule has 1 aromatic carbocycles. The third kappa shape index (κ3) is 1.76. The van der Waals surface area contributed by atoms with E-state index < -0.39 is 0 Å². The van der Waals surface area contributed by atoms with Crippen molar-refractivity contribution in [3.63, 3.8) is 0 Å². The van der Waals surface area contributed by atoms with Crippen LogP contribution in [0.3, 0.4) is 0 Å². The highest BCUT2D eigenvalue weighted by Crippen LogP contribution is 2.24. The van der Waals surface area contributed by atoms with E-state index in [2.05, 4.69) is 19.9 Å². The summed E-state index contributed by atoms with van der Waals surface area (Å²) in [7, 11) is 0. The molecule has 0 aliphatic heterocycles. The second-order valence-electron chi connectivity index (χ2n) is 3.66. The molecule has 0 aliphatic rings. The molecule has 5 nitrogen and oxygen atoms in total. The van der Waals surface area contributed by atoms with Gasteiger partial charge in [-0.15, -0.1) is 0 Å². The molecule has 18 heavy (non-hydrogen) atoms. The van der Waals surface area contributed by atoms with E-state index in [0.29, 0.717) is 17.0 Å². The molecule has 3 N–H and O–H groups in total. The van der Waals surface area contributed by atoms with Crippen molar-refractivity contribution < 1.29 is 4.39 Å². The smallest absolute Gasteiger partial charge is 0.223 e. The maximum Gasteiger partial charge on any atom is 0.223 e. The fraction of sp³-hybridized carbons (Fsp3) is 0. The molecular formula is C11H7ClFN5. The molecule has 0 unspecified atom stereocenters. The topological polar surface area (TPSA) is 80.5 Å². The van der Waals surface area contributed by atoms with Gasteiger partial charge < -0.3 is 10.7 Å². The van der Waals surface area contributed by atoms with Crippen molar-refractivity contribution in [2.45, 2.75) is 0 Å². The number of benzene rings is 1. The standard InChI is InChI=1S/C11H7ClFN5/c12-8-7-10(18-11(14)16-8)17-9(15-7)5-1-3-6(13)4-2-5/h1-4H,(H3,14,15,16,17,18). The molecule has 0 saturated heterocycles. The predicted molar refractivity (Wildman–Crippen MR) is 66.5 cm³/mol. The van der Waals surface area contributed by atoms with E-state index in [9.17, 15) is 4.39 Å². The van der Waals surface area contributed by atoms with Gasteiger partial charge in [0.2, 0.25) is 5.95 Å². The summed E-state index contributed by atoms with van der Waals surface area (Å²) >= 11 is 5.93. The molecule has 2 heterocycles. The molecule has 7 heteroatoms. The zero-order valence-corrected chi connectivity index (χ0v) is 9.74. The lowest BCUT2D eigenvalue weighted by Crippen LogP contribution is -1.94. The average molecular weight is 264 g/mol. The number of nitrogen functional groups attached to an aromatic ring is 1. The van der Waals surface area contributed by atoms with Crippen molar-refractivity contribution in [1.82, 2.24) is 19.9 Å². The zero-order chi connectivity index (χ0) is 12.7. The number of nitrogens with zero attached hydrogens (tertiary/aromatic N) is 3. The number of nitrogens with two attached hydrogens (primary N) is 1. The summed E-state index contributed by atoms with van der Waals surface area (Å²) in [5.74, 6) is 0.286. The van der Waals surface area contributed by atoms with Crippen molar-refractivity contribution in [2.24, 2.45) is 0 Å². The number of aromatic nitrogens is 4. The number of imidazole rings is 1. The molecule has 0 bridgehead atoms. The number of hydrogen-bond acceptors (Lipinski definition) is 4. The number of hydrogen-bond donors (Lipinski definition) is 2. The zero-order valence-electron chi connectivity index (χ0n) is 8.98. The number of rotatable bonds is 1. The minimum atomic E-state index is -0.308.